The van der Waals surface area contributed by atoms with Crippen LogP contribution in [0.4, 0.5) is 0 Å². The van der Waals surface area contributed by atoms with Crippen molar-refractivity contribution in [2.45, 2.75) is 31.8 Å². The van der Waals surface area contributed by atoms with Crippen LogP contribution in [0.15, 0.2) is 42.7 Å². The summed E-state index contributed by atoms with van der Waals surface area (Å²) in [6.07, 6.45) is 4.29. The Morgan fingerprint density at radius 1 is 1.00 bits per heavy atom. The van der Waals surface area contributed by atoms with Crippen molar-refractivity contribution in [3.63, 3.8) is 0 Å². The number of aromatic hydroxyl groups is 1. The van der Waals surface area contributed by atoms with E-state index in [0.29, 0.717) is 47.6 Å². The number of ether oxygens (including phenoxy) is 4. The van der Waals surface area contributed by atoms with Crippen molar-refractivity contribution >= 4 is 5.78 Å². The molecule has 0 amide bonds. The van der Waals surface area contributed by atoms with Gasteiger partial charge in [0, 0.05) is 38.0 Å². The van der Waals surface area contributed by atoms with E-state index in [-0.39, 0.29) is 50.1 Å². The summed E-state index contributed by atoms with van der Waals surface area (Å²) in [6, 6.07) is 8.52. The maximum atomic E-state index is 11.3. The predicted molar refractivity (Wildman–Crippen MR) is 132 cm³/mol. The van der Waals surface area contributed by atoms with Gasteiger partial charge in [0.2, 0.25) is 5.75 Å². The molecular weight excluding hydrogens is 466 g/mol. The fourth-order valence-electron chi connectivity index (χ4n) is 4.18. The number of ketones is 1. The third-order valence-electron chi connectivity index (χ3n) is 5.90. The lowest BCUT2D eigenvalue weighted by Crippen LogP contribution is -2.24. The monoisotopic (exact) mass is 497 g/mol. The first-order valence-electron chi connectivity index (χ1n) is 11.9. The van der Waals surface area contributed by atoms with Crippen molar-refractivity contribution in [2.24, 2.45) is 0 Å². The zero-order chi connectivity index (χ0) is 25.5. The summed E-state index contributed by atoms with van der Waals surface area (Å²) in [5.41, 5.74) is 2.73. The minimum Gasteiger partial charge on any atom is -0.670 e. The minimum absolute atomic E-state index is 0.0385. The van der Waals surface area contributed by atoms with Crippen molar-refractivity contribution in [1.29, 1.82) is 0 Å². The van der Waals surface area contributed by atoms with Gasteiger partial charge in [-0.2, -0.15) is 12.4 Å². The largest absolute Gasteiger partial charge is 0.670 e. The highest BCUT2D eigenvalue weighted by Crippen LogP contribution is 2.53. The Labute approximate surface area is 209 Å². The molecule has 1 aromatic heterocycles. The second-order valence-corrected chi connectivity index (χ2v) is 8.42. The van der Waals surface area contributed by atoms with Crippen LogP contribution < -0.4 is 23.9 Å². The lowest BCUT2D eigenvalue weighted by molar-refractivity contribution is 0.188. The molecule has 192 valence electrons. The van der Waals surface area contributed by atoms with Crippen LogP contribution in [0.25, 0.3) is 0 Å². The van der Waals surface area contributed by atoms with Crippen molar-refractivity contribution in [1.82, 2.24) is 4.98 Å². The van der Waals surface area contributed by atoms with Gasteiger partial charge in [0.25, 0.3) is 0 Å². The molecule has 9 heteroatoms. The fraction of sp³-hybridized carbons (Fsp3) is 0.370. The molecule has 0 spiro atoms. The molecule has 0 saturated carbocycles. The first-order chi connectivity index (χ1) is 17.6. The molecule has 0 saturated heterocycles. The zero-order valence-electron chi connectivity index (χ0n) is 20.1. The average molecular weight is 498 g/mol. The molecule has 0 radical (unpaired) electrons. The molecule has 9 nitrogen and oxygen atoms in total. The first kappa shape index (κ1) is 25.4. The molecule has 1 atom stereocenters. The molecule has 0 bridgehead atoms. The number of nitrogens with zero attached hydrogens (tertiary/aromatic N) is 1. The summed E-state index contributed by atoms with van der Waals surface area (Å²) in [7, 11) is 1.49. The van der Waals surface area contributed by atoms with E-state index in [2.05, 4.69) is 4.98 Å². The fourth-order valence-corrected chi connectivity index (χ4v) is 4.18. The lowest BCUT2D eigenvalue weighted by Gasteiger charge is -2.29. The molecule has 2 heterocycles. The lowest BCUT2D eigenvalue weighted by atomic mass is 9.91. The van der Waals surface area contributed by atoms with E-state index < -0.39 is 6.10 Å². The SMILES string of the molecule is COc1c(OCCCO)c(Cc2cc[n-]c2)c2c(c1OCCCO)C(=[OH+])CC(c1ccc(O)cc1)O2. The van der Waals surface area contributed by atoms with E-state index >= 15 is 0 Å². The van der Waals surface area contributed by atoms with E-state index in [1.54, 1.807) is 36.7 Å². The molecule has 2 aromatic carbocycles. The zero-order valence-corrected chi connectivity index (χ0v) is 20.1. The number of hydrogen-bond acceptors (Lipinski definition) is 7. The second kappa shape index (κ2) is 11.8. The number of aliphatic hydroxyl groups is 2. The van der Waals surface area contributed by atoms with E-state index in [0.717, 1.165) is 11.1 Å². The third-order valence-corrected chi connectivity index (χ3v) is 5.90. The summed E-state index contributed by atoms with van der Waals surface area (Å²) in [5, 5.41) is 28.3. The van der Waals surface area contributed by atoms with Crippen molar-refractivity contribution in [2.75, 3.05) is 33.5 Å². The van der Waals surface area contributed by atoms with E-state index in [4.69, 9.17) is 18.9 Å². The van der Waals surface area contributed by atoms with Crippen LogP contribution in [0.5, 0.6) is 28.7 Å². The van der Waals surface area contributed by atoms with E-state index in [1.807, 2.05) is 6.07 Å². The highest BCUT2D eigenvalue weighted by molar-refractivity contribution is 6.05. The molecule has 0 aliphatic carbocycles. The average Bonchev–Trinajstić information content (AvgIpc) is 3.39. The van der Waals surface area contributed by atoms with Crippen LogP contribution in [0, 0.1) is 0 Å². The molecule has 1 unspecified atom stereocenters. The van der Waals surface area contributed by atoms with E-state index in [1.165, 1.54) is 7.11 Å². The maximum Gasteiger partial charge on any atom is 0.335 e. The van der Waals surface area contributed by atoms with Crippen LogP contribution in [-0.4, -0.2) is 59.4 Å². The molecule has 4 N–H and O–H groups in total. The van der Waals surface area contributed by atoms with Gasteiger partial charge in [-0.05, 0) is 17.7 Å². The highest BCUT2D eigenvalue weighted by Gasteiger charge is 2.41. The van der Waals surface area contributed by atoms with Gasteiger partial charge >= 0.3 is 5.78 Å². The molecule has 1 aliphatic heterocycles. The standard InChI is InChI=1S/C27H30NO8/c1-33-27-25(34-12-2-10-29)20(14-17-8-9-28-16-17)24-23(26(27)35-13-3-11-30)21(32)15-22(36-24)18-4-6-19(31)7-5-18/h4-9,16,22,29-31H,2-3,10-15H2,1H3/q-1/p+1. The normalized spacial score (nSPS) is 14.8. The van der Waals surface area contributed by atoms with Crippen molar-refractivity contribution in [3.05, 3.63) is 65.0 Å². The minimum atomic E-state index is -0.515. The topological polar surface area (TPSA) is 133 Å². The summed E-state index contributed by atoms with van der Waals surface area (Å²) < 4.78 is 24.4. The maximum absolute atomic E-state index is 11.3. The van der Waals surface area contributed by atoms with Gasteiger partial charge in [0.05, 0.1) is 20.3 Å². The predicted octanol–water partition coefficient (Wildman–Crippen LogP) is 2.89. The number of methoxy groups -OCH3 is 1. The molecule has 1 aliphatic rings. The highest BCUT2D eigenvalue weighted by atomic mass is 16.5. The van der Waals surface area contributed by atoms with Gasteiger partial charge in [-0.1, -0.05) is 23.8 Å². The summed E-state index contributed by atoms with van der Waals surface area (Å²) >= 11 is 0. The van der Waals surface area contributed by atoms with Crippen LogP contribution in [0.2, 0.25) is 0 Å². The number of hydrogen-bond donors (Lipinski definition) is 3. The summed E-state index contributed by atoms with van der Waals surface area (Å²) in [4.78, 5) is 15.4. The Balaban J connectivity index is 1.88. The van der Waals surface area contributed by atoms with Gasteiger partial charge in [0.1, 0.15) is 24.0 Å². The van der Waals surface area contributed by atoms with Crippen LogP contribution in [0.3, 0.4) is 0 Å². The van der Waals surface area contributed by atoms with Gasteiger partial charge in [-0.15, -0.1) is 0 Å². The van der Waals surface area contributed by atoms with E-state index in [9.17, 15) is 20.1 Å². The van der Waals surface area contributed by atoms with Crippen molar-refractivity contribution in [3.8, 4) is 28.7 Å². The smallest absolute Gasteiger partial charge is 0.335 e. The first-order valence-corrected chi connectivity index (χ1v) is 11.9. The Morgan fingerprint density at radius 3 is 2.31 bits per heavy atom. The second-order valence-electron chi connectivity index (χ2n) is 8.42. The number of fused-ring (bicyclic) bond motifs is 1. The van der Waals surface area contributed by atoms with Gasteiger partial charge in [-0.3, -0.25) is 4.79 Å². The van der Waals surface area contributed by atoms with Gasteiger partial charge < -0.3 is 39.3 Å². The number of phenolic OH excluding ortho intramolecular Hbond substituents is 1. The quantitative estimate of drug-likeness (QED) is 0.257. The molecule has 3 aromatic rings. The van der Waals surface area contributed by atoms with Crippen LogP contribution >= 0.6 is 0 Å². The number of rotatable bonds is 12. The summed E-state index contributed by atoms with van der Waals surface area (Å²) in [5.74, 6) is 1.57. The molecule has 4 rings (SSSR count). The van der Waals surface area contributed by atoms with Gasteiger partial charge in [0.15, 0.2) is 17.1 Å². The van der Waals surface area contributed by atoms with Crippen LogP contribution in [-0.2, 0) is 6.42 Å². The number of benzene rings is 2. The number of phenols is 1. The van der Waals surface area contributed by atoms with Crippen molar-refractivity contribution < 1.29 is 39.1 Å². The molecule has 36 heavy (non-hydrogen) atoms. The van der Waals surface area contributed by atoms with Gasteiger partial charge in [-0.25, -0.2) is 0 Å². The Morgan fingerprint density at radius 2 is 1.69 bits per heavy atom. The summed E-state index contributed by atoms with van der Waals surface area (Å²) in [6.45, 7) is 0.325. The third kappa shape index (κ3) is 5.42. The number of aliphatic hydroxyl groups excluding tert-OH is 2. The Hall–Kier alpha value is -3.69. The van der Waals surface area contributed by atoms with Crippen LogP contribution in [0.1, 0.15) is 47.6 Å². The number of aromatic nitrogens is 1. The Bertz CT molecular complexity index is 1160. The Kier molecular flexibility index (Phi) is 8.35. The molecule has 0 fully saturated rings. The molecular formula is C27H31NO8. The number of carbonyl (C=O) groups excluding carboxylic acids is 1.